The topological polar surface area (TPSA) is 29.5 Å². The maximum Gasteiger partial charge on any atom is 0.411 e. The van der Waals surface area contributed by atoms with E-state index in [1.54, 1.807) is 17.0 Å². The molecule has 1 heterocycles. The molecule has 1 aliphatic heterocycles. The molecule has 3 rings (SSSR count). The molecule has 0 N–H and O–H groups in total. The summed E-state index contributed by atoms with van der Waals surface area (Å²) in [5.41, 5.74) is 1.27. The predicted molar refractivity (Wildman–Crippen MR) is 91.0 cm³/mol. The third-order valence-corrected chi connectivity index (χ3v) is 4.96. The molecule has 0 radical (unpaired) electrons. The molecule has 2 aromatic rings. The van der Waals surface area contributed by atoms with E-state index in [1.807, 2.05) is 44.2 Å². The van der Waals surface area contributed by atoms with E-state index in [9.17, 15) is 9.18 Å². The summed E-state index contributed by atoms with van der Waals surface area (Å²) in [6, 6.07) is 16.1. The van der Waals surface area contributed by atoms with Crippen LogP contribution in [0.4, 0.5) is 9.18 Å². The number of cyclic esters (lactones) is 1. The molecule has 126 valence electrons. The third kappa shape index (κ3) is 3.01. The fourth-order valence-corrected chi connectivity index (χ4v) is 3.34. The number of hydrogen-bond acceptors (Lipinski definition) is 2. The summed E-state index contributed by atoms with van der Waals surface area (Å²) >= 11 is 0. The number of rotatable bonds is 4. The van der Waals surface area contributed by atoms with Gasteiger partial charge in [-0.25, -0.2) is 9.18 Å². The molecule has 4 heteroatoms. The average molecular weight is 327 g/mol. The Hall–Kier alpha value is -2.36. The maximum atomic E-state index is 13.2. The summed E-state index contributed by atoms with van der Waals surface area (Å²) in [6.07, 6.45) is 1.04. The highest BCUT2D eigenvalue weighted by Crippen LogP contribution is 2.39. The van der Waals surface area contributed by atoms with Gasteiger partial charge in [0.1, 0.15) is 11.4 Å². The Balaban J connectivity index is 1.81. The van der Waals surface area contributed by atoms with Crippen LogP contribution < -0.4 is 0 Å². The van der Waals surface area contributed by atoms with Crippen LogP contribution >= 0.6 is 0 Å². The van der Waals surface area contributed by atoms with Gasteiger partial charge in [0.2, 0.25) is 0 Å². The minimum Gasteiger partial charge on any atom is -0.438 e. The molecular formula is C20H22FNO2. The fourth-order valence-electron chi connectivity index (χ4n) is 3.34. The van der Waals surface area contributed by atoms with E-state index < -0.39 is 5.60 Å². The number of amides is 1. The normalized spacial score (nSPS) is 22.1. The van der Waals surface area contributed by atoms with Crippen LogP contribution in [0, 0.1) is 5.82 Å². The molecule has 1 saturated heterocycles. The molecule has 2 aromatic carbocycles. The van der Waals surface area contributed by atoms with Crippen molar-refractivity contribution in [2.75, 3.05) is 6.54 Å². The Morgan fingerprint density at radius 1 is 1.17 bits per heavy atom. The molecular weight excluding hydrogens is 305 g/mol. The lowest BCUT2D eigenvalue weighted by atomic mass is 9.86. The van der Waals surface area contributed by atoms with Crippen molar-refractivity contribution in [3.05, 3.63) is 71.5 Å². The fraction of sp³-hybridized carbons (Fsp3) is 0.350. The van der Waals surface area contributed by atoms with Gasteiger partial charge in [-0.2, -0.15) is 0 Å². The monoisotopic (exact) mass is 327 g/mol. The first-order chi connectivity index (χ1) is 11.6. The highest BCUT2D eigenvalue weighted by Gasteiger charge is 2.42. The number of ether oxygens (including phenoxy) is 1. The van der Waals surface area contributed by atoms with Crippen LogP contribution in [0.3, 0.4) is 0 Å². The van der Waals surface area contributed by atoms with E-state index >= 15 is 0 Å². The van der Waals surface area contributed by atoms with E-state index in [4.69, 9.17) is 4.74 Å². The zero-order valence-electron chi connectivity index (χ0n) is 14.0. The van der Waals surface area contributed by atoms with E-state index in [2.05, 4.69) is 0 Å². The summed E-state index contributed by atoms with van der Waals surface area (Å²) in [4.78, 5) is 14.4. The van der Waals surface area contributed by atoms with Crippen molar-refractivity contribution >= 4 is 6.09 Å². The van der Waals surface area contributed by atoms with Crippen LogP contribution in [0.5, 0.6) is 0 Å². The number of carbonyl (C=O) groups excluding carboxylic acids is 1. The second-order valence-electron chi connectivity index (χ2n) is 6.25. The van der Waals surface area contributed by atoms with Gasteiger partial charge in [0.05, 0.1) is 6.04 Å². The van der Waals surface area contributed by atoms with Gasteiger partial charge < -0.3 is 9.64 Å². The Bertz CT molecular complexity index is 701. The van der Waals surface area contributed by atoms with Crippen LogP contribution in [0.15, 0.2) is 54.6 Å². The molecule has 0 bridgehead atoms. The average Bonchev–Trinajstić information content (AvgIpc) is 2.62. The van der Waals surface area contributed by atoms with E-state index in [1.165, 1.54) is 12.1 Å². The Morgan fingerprint density at radius 2 is 1.83 bits per heavy atom. The first kappa shape index (κ1) is 16.5. The molecule has 1 fully saturated rings. The summed E-state index contributed by atoms with van der Waals surface area (Å²) < 4.78 is 19.1. The third-order valence-electron chi connectivity index (χ3n) is 4.96. The molecule has 0 aliphatic carbocycles. The van der Waals surface area contributed by atoms with Gasteiger partial charge in [0.15, 0.2) is 0 Å². The molecule has 0 spiro atoms. The molecule has 1 unspecified atom stereocenters. The van der Waals surface area contributed by atoms with Gasteiger partial charge in [0, 0.05) is 13.0 Å². The van der Waals surface area contributed by atoms with Crippen molar-refractivity contribution in [1.82, 2.24) is 4.90 Å². The van der Waals surface area contributed by atoms with Crippen LogP contribution in [-0.2, 0) is 10.3 Å². The zero-order valence-corrected chi connectivity index (χ0v) is 14.0. The number of benzene rings is 2. The van der Waals surface area contributed by atoms with Gasteiger partial charge in [-0.1, -0.05) is 49.4 Å². The molecule has 1 amide bonds. The molecule has 0 saturated carbocycles. The van der Waals surface area contributed by atoms with Crippen molar-refractivity contribution in [1.29, 1.82) is 0 Å². The smallest absolute Gasteiger partial charge is 0.411 e. The summed E-state index contributed by atoms with van der Waals surface area (Å²) in [5.74, 6) is -0.286. The molecule has 0 aromatic heterocycles. The zero-order chi connectivity index (χ0) is 17.2. The number of halogens is 1. The van der Waals surface area contributed by atoms with Crippen LogP contribution in [0.25, 0.3) is 0 Å². The standard InChI is InChI=1S/C20H22FNO2/c1-3-20(17-9-11-18(21)12-10-17)13-14-22(19(23)24-20)15(2)16-7-5-4-6-8-16/h4-12,15H,3,13-14H2,1-2H3/t15-,20?/m0/s1. The lowest BCUT2D eigenvalue weighted by Gasteiger charge is -2.43. The number of hydrogen-bond donors (Lipinski definition) is 0. The van der Waals surface area contributed by atoms with Crippen molar-refractivity contribution in [2.24, 2.45) is 0 Å². The molecule has 24 heavy (non-hydrogen) atoms. The first-order valence-corrected chi connectivity index (χ1v) is 8.36. The molecule has 3 nitrogen and oxygen atoms in total. The molecule has 1 aliphatic rings. The second-order valence-corrected chi connectivity index (χ2v) is 6.25. The van der Waals surface area contributed by atoms with E-state index in [0.29, 0.717) is 19.4 Å². The van der Waals surface area contributed by atoms with Crippen molar-refractivity contribution < 1.29 is 13.9 Å². The summed E-state index contributed by atoms with van der Waals surface area (Å²) in [7, 11) is 0. The van der Waals surface area contributed by atoms with Crippen LogP contribution in [-0.4, -0.2) is 17.5 Å². The van der Waals surface area contributed by atoms with Crippen molar-refractivity contribution in [2.45, 2.75) is 38.3 Å². The van der Waals surface area contributed by atoms with Crippen molar-refractivity contribution in [3.63, 3.8) is 0 Å². The van der Waals surface area contributed by atoms with Crippen molar-refractivity contribution in [3.8, 4) is 0 Å². The van der Waals surface area contributed by atoms with Gasteiger partial charge in [-0.05, 0) is 36.6 Å². The second kappa shape index (κ2) is 6.63. The summed E-state index contributed by atoms with van der Waals surface area (Å²) in [5, 5.41) is 0. The number of carbonyl (C=O) groups is 1. The number of nitrogens with zero attached hydrogens (tertiary/aromatic N) is 1. The van der Waals surface area contributed by atoms with Gasteiger partial charge >= 0.3 is 6.09 Å². The van der Waals surface area contributed by atoms with Crippen LogP contribution in [0.2, 0.25) is 0 Å². The lowest BCUT2D eigenvalue weighted by Crippen LogP contribution is -2.48. The van der Waals surface area contributed by atoms with E-state index in [0.717, 1.165) is 11.1 Å². The highest BCUT2D eigenvalue weighted by atomic mass is 19.1. The lowest BCUT2D eigenvalue weighted by molar-refractivity contribution is -0.0628. The summed E-state index contributed by atoms with van der Waals surface area (Å²) in [6.45, 7) is 4.61. The first-order valence-electron chi connectivity index (χ1n) is 8.36. The SMILES string of the molecule is CCC1(c2ccc(F)cc2)CCN([C@@H](C)c2ccccc2)C(=O)O1. The predicted octanol–water partition coefficient (Wildman–Crippen LogP) is 5.03. The van der Waals surface area contributed by atoms with Gasteiger partial charge in [-0.15, -0.1) is 0 Å². The maximum absolute atomic E-state index is 13.2. The minimum absolute atomic E-state index is 0.0400. The molecule has 2 atom stereocenters. The van der Waals surface area contributed by atoms with E-state index in [-0.39, 0.29) is 18.0 Å². The minimum atomic E-state index is -0.669. The van der Waals surface area contributed by atoms with Gasteiger partial charge in [-0.3, -0.25) is 0 Å². The van der Waals surface area contributed by atoms with Gasteiger partial charge in [0.25, 0.3) is 0 Å². The quantitative estimate of drug-likeness (QED) is 0.788. The Morgan fingerprint density at radius 3 is 2.42 bits per heavy atom. The Kier molecular flexibility index (Phi) is 4.56. The van der Waals surface area contributed by atoms with Crippen LogP contribution in [0.1, 0.15) is 43.9 Å². The Labute approximate surface area is 142 Å². The largest absolute Gasteiger partial charge is 0.438 e. The highest BCUT2D eigenvalue weighted by molar-refractivity contribution is 5.70.